The summed E-state index contributed by atoms with van der Waals surface area (Å²) in [7, 11) is 1.46. The number of nitrogens with one attached hydrogen (secondary N) is 1. The molecule has 1 atom stereocenters. The SMILES string of the molecule is COc1cc(C#N)ccc1O[C@H](C)C(=O)Nc1ccc(C#N)cc1. The van der Waals surface area contributed by atoms with Crippen LogP contribution < -0.4 is 14.8 Å². The smallest absolute Gasteiger partial charge is 0.265 e. The van der Waals surface area contributed by atoms with Gasteiger partial charge in [-0.25, -0.2) is 0 Å². The van der Waals surface area contributed by atoms with E-state index in [1.807, 2.05) is 12.1 Å². The van der Waals surface area contributed by atoms with Crippen LogP contribution in [0.5, 0.6) is 11.5 Å². The van der Waals surface area contributed by atoms with E-state index in [4.69, 9.17) is 20.0 Å². The number of hydrogen-bond donors (Lipinski definition) is 1. The molecule has 0 spiro atoms. The third-order valence-corrected chi connectivity index (χ3v) is 3.25. The molecule has 1 amide bonds. The predicted molar refractivity (Wildman–Crippen MR) is 87.6 cm³/mol. The van der Waals surface area contributed by atoms with Crippen molar-refractivity contribution in [3.05, 3.63) is 53.6 Å². The van der Waals surface area contributed by atoms with Crippen molar-refractivity contribution < 1.29 is 14.3 Å². The Kier molecular flexibility index (Phi) is 5.38. The van der Waals surface area contributed by atoms with Crippen molar-refractivity contribution in [1.29, 1.82) is 10.5 Å². The molecule has 2 aromatic rings. The maximum Gasteiger partial charge on any atom is 0.265 e. The van der Waals surface area contributed by atoms with Gasteiger partial charge in [0.15, 0.2) is 17.6 Å². The Labute approximate surface area is 139 Å². The van der Waals surface area contributed by atoms with Crippen molar-refractivity contribution in [2.75, 3.05) is 12.4 Å². The minimum absolute atomic E-state index is 0.342. The maximum absolute atomic E-state index is 12.2. The quantitative estimate of drug-likeness (QED) is 0.913. The van der Waals surface area contributed by atoms with Gasteiger partial charge in [0, 0.05) is 11.8 Å². The first-order chi connectivity index (χ1) is 11.6. The van der Waals surface area contributed by atoms with Crippen molar-refractivity contribution in [3.8, 4) is 23.6 Å². The Morgan fingerprint density at radius 2 is 1.67 bits per heavy atom. The molecule has 2 rings (SSSR count). The van der Waals surface area contributed by atoms with Gasteiger partial charge >= 0.3 is 0 Å². The minimum atomic E-state index is -0.775. The number of amides is 1. The Morgan fingerprint density at radius 3 is 2.25 bits per heavy atom. The second kappa shape index (κ2) is 7.66. The van der Waals surface area contributed by atoms with Crippen LogP contribution in [0.1, 0.15) is 18.1 Å². The number of hydrogen-bond acceptors (Lipinski definition) is 5. The highest BCUT2D eigenvalue weighted by molar-refractivity contribution is 5.94. The molecule has 1 N–H and O–H groups in total. The molecule has 24 heavy (non-hydrogen) atoms. The number of rotatable bonds is 5. The van der Waals surface area contributed by atoms with Crippen molar-refractivity contribution in [2.45, 2.75) is 13.0 Å². The molecule has 6 nitrogen and oxygen atoms in total. The van der Waals surface area contributed by atoms with Crippen LogP contribution in [0.2, 0.25) is 0 Å². The van der Waals surface area contributed by atoms with Gasteiger partial charge in [-0.3, -0.25) is 4.79 Å². The average molecular weight is 321 g/mol. The number of carbonyl (C=O) groups is 1. The van der Waals surface area contributed by atoms with Crippen LogP contribution in [0.15, 0.2) is 42.5 Å². The highest BCUT2D eigenvalue weighted by Gasteiger charge is 2.17. The van der Waals surface area contributed by atoms with E-state index in [0.29, 0.717) is 28.3 Å². The monoisotopic (exact) mass is 321 g/mol. The van der Waals surface area contributed by atoms with Gasteiger partial charge in [0.2, 0.25) is 0 Å². The van der Waals surface area contributed by atoms with Gasteiger partial charge < -0.3 is 14.8 Å². The Balaban J connectivity index is 2.06. The summed E-state index contributed by atoms with van der Waals surface area (Å²) in [6.07, 6.45) is -0.775. The van der Waals surface area contributed by atoms with E-state index in [2.05, 4.69) is 5.32 Å². The zero-order valence-corrected chi connectivity index (χ0v) is 13.2. The summed E-state index contributed by atoms with van der Waals surface area (Å²) >= 11 is 0. The van der Waals surface area contributed by atoms with Crippen molar-refractivity contribution >= 4 is 11.6 Å². The summed E-state index contributed by atoms with van der Waals surface area (Å²) in [6.45, 7) is 1.61. The molecule has 0 saturated carbocycles. The molecular weight excluding hydrogens is 306 g/mol. The zero-order valence-electron chi connectivity index (χ0n) is 13.2. The highest BCUT2D eigenvalue weighted by Crippen LogP contribution is 2.28. The zero-order chi connectivity index (χ0) is 17.5. The fourth-order valence-corrected chi connectivity index (χ4v) is 1.95. The van der Waals surface area contributed by atoms with E-state index in [1.165, 1.54) is 7.11 Å². The van der Waals surface area contributed by atoms with Crippen LogP contribution in [0.3, 0.4) is 0 Å². The lowest BCUT2D eigenvalue weighted by Gasteiger charge is -2.17. The molecule has 6 heteroatoms. The van der Waals surface area contributed by atoms with E-state index in [0.717, 1.165) is 0 Å². The van der Waals surface area contributed by atoms with Crippen LogP contribution in [0, 0.1) is 22.7 Å². The lowest BCUT2D eigenvalue weighted by molar-refractivity contribution is -0.122. The fourth-order valence-electron chi connectivity index (χ4n) is 1.95. The summed E-state index contributed by atoms with van der Waals surface area (Å²) in [5.41, 5.74) is 1.52. The molecule has 0 heterocycles. The van der Waals surface area contributed by atoms with Gasteiger partial charge in [0.25, 0.3) is 5.91 Å². The molecule has 0 aliphatic heterocycles. The van der Waals surface area contributed by atoms with Crippen LogP contribution in [0.4, 0.5) is 5.69 Å². The van der Waals surface area contributed by atoms with Crippen LogP contribution >= 0.6 is 0 Å². The molecule has 2 aromatic carbocycles. The molecule has 0 saturated heterocycles. The number of benzene rings is 2. The summed E-state index contributed by atoms with van der Waals surface area (Å²) in [5, 5.41) is 20.4. The summed E-state index contributed by atoms with van der Waals surface area (Å²) in [6, 6.07) is 15.3. The summed E-state index contributed by atoms with van der Waals surface area (Å²) < 4.78 is 10.8. The molecule has 0 aliphatic carbocycles. The summed E-state index contributed by atoms with van der Waals surface area (Å²) in [4.78, 5) is 12.2. The van der Waals surface area contributed by atoms with Gasteiger partial charge in [0.05, 0.1) is 30.4 Å². The molecular formula is C18H15N3O3. The number of anilines is 1. The maximum atomic E-state index is 12.2. The number of nitriles is 2. The molecule has 0 fully saturated rings. The third kappa shape index (κ3) is 4.02. The van der Waals surface area contributed by atoms with Crippen molar-refractivity contribution in [1.82, 2.24) is 0 Å². The fraction of sp³-hybridized carbons (Fsp3) is 0.167. The van der Waals surface area contributed by atoms with E-state index in [-0.39, 0.29) is 5.91 Å². The second-order valence-corrected chi connectivity index (χ2v) is 4.92. The first kappa shape index (κ1) is 16.9. The van der Waals surface area contributed by atoms with Crippen LogP contribution in [0.25, 0.3) is 0 Å². The number of carbonyl (C=O) groups excluding carboxylic acids is 1. The summed E-state index contributed by atoms with van der Waals surface area (Å²) in [5.74, 6) is 0.414. The van der Waals surface area contributed by atoms with Gasteiger partial charge in [-0.2, -0.15) is 10.5 Å². The van der Waals surface area contributed by atoms with E-state index in [9.17, 15) is 4.79 Å². The van der Waals surface area contributed by atoms with E-state index in [1.54, 1.807) is 49.4 Å². The predicted octanol–water partition coefficient (Wildman–Crippen LogP) is 2.84. The highest BCUT2D eigenvalue weighted by atomic mass is 16.5. The number of ether oxygens (including phenoxy) is 2. The number of nitrogens with zero attached hydrogens (tertiary/aromatic N) is 2. The molecule has 0 unspecified atom stereocenters. The molecule has 0 aliphatic rings. The topological polar surface area (TPSA) is 95.1 Å². The van der Waals surface area contributed by atoms with E-state index < -0.39 is 6.10 Å². The largest absolute Gasteiger partial charge is 0.493 e. The normalized spacial score (nSPS) is 10.8. The Hall–Kier alpha value is -3.51. The van der Waals surface area contributed by atoms with Crippen molar-refractivity contribution in [2.24, 2.45) is 0 Å². The lowest BCUT2D eigenvalue weighted by atomic mass is 10.2. The van der Waals surface area contributed by atoms with Crippen LogP contribution in [-0.2, 0) is 4.79 Å². The van der Waals surface area contributed by atoms with Crippen molar-refractivity contribution in [3.63, 3.8) is 0 Å². The molecule has 0 bridgehead atoms. The minimum Gasteiger partial charge on any atom is -0.493 e. The molecule has 120 valence electrons. The second-order valence-electron chi connectivity index (χ2n) is 4.92. The van der Waals surface area contributed by atoms with E-state index >= 15 is 0 Å². The Bertz CT molecular complexity index is 817. The first-order valence-electron chi connectivity index (χ1n) is 7.13. The van der Waals surface area contributed by atoms with Crippen LogP contribution in [-0.4, -0.2) is 19.1 Å². The molecule has 0 radical (unpaired) electrons. The standard InChI is InChI=1S/C18H15N3O3/c1-12(18(22)21-15-6-3-13(10-19)4-7-15)24-16-8-5-14(11-20)9-17(16)23-2/h3-9,12H,1-2H3,(H,21,22)/t12-/m1/s1. The van der Waals surface area contributed by atoms with Gasteiger partial charge in [-0.05, 0) is 43.3 Å². The first-order valence-corrected chi connectivity index (χ1v) is 7.13. The Morgan fingerprint density at radius 1 is 1.04 bits per heavy atom. The lowest BCUT2D eigenvalue weighted by Crippen LogP contribution is -2.30. The third-order valence-electron chi connectivity index (χ3n) is 3.25. The molecule has 0 aromatic heterocycles. The van der Waals surface area contributed by atoms with Gasteiger partial charge in [-0.15, -0.1) is 0 Å². The van der Waals surface area contributed by atoms with Gasteiger partial charge in [-0.1, -0.05) is 0 Å². The number of methoxy groups -OCH3 is 1. The average Bonchev–Trinajstić information content (AvgIpc) is 2.62. The van der Waals surface area contributed by atoms with Gasteiger partial charge in [0.1, 0.15) is 0 Å².